The number of rotatable bonds is 5. The van der Waals surface area contributed by atoms with E-state index < -0.39 is 0 Å². The van der Waals surface area contributed by atoms with Crippen molar-refractivity contribution in [2.24, 2.45) is 17.6 Å². The second kappa shape index (κ2) is 5.34. The molecule has 0 bridgehead atoms. The monoisotopic (exact) mass is 256 g/mol. The molecule has 2 nitrogen and oxygen atoms in total. The van der Waals surface area contributed by atoms with E-state index in [-0.39, 0.29) is 11.9 Å². The molecule has 1 aromatic rings. The largest absolute Gasteiger partial charge is 0.329 e. The van der Waals surface area contributed by atoms with Gasteiger partial charge in [0.25, 0.3) is 0 Å². The van der Waals surface area contributed by atoms with Crippen molar-refractivity contribution >= 4 is 11.6 Å². The average Bonchev–Trinajstić information content (AvgIpc) is 2.98. The zero-order valence-corrected chi connectivity index (χ0v) is 10.7. The Morgan fingerprint density at radius 1 is 1.59 bits per heavy atom. The Kier molecular flexibility index (Phi) is 4.02. The number of halogens is 2. The first kappa shape index (κ1) is 12.8. The lowest BCUT2D eigenvalue weighted by Gasteiger charge is -2.18. The van der Waals surface area contributed by atoms with Crippen molar-refractivity contribution in [2.75, 3.05) is 13.1 Å². The van der Waals surface area contributed by atoms with E-state index in [0.717, 1.165) is 23.9 Å². The molecule has 1 aromatic carbocycles. The van der Waals surface area contributed by atoms with Crippen molar-refractivity contribution in [2.45, 2.75) is 19.4 Å². The lowest BCUT2D eigenvalue weighted by atomic mass is 10.1. The van der Waals surface area contributed by atoms with Gasteiger partial charge in [-0.1, -0.05) is 24.6 Å². The first-order valence-corrected chi connectivity index (χ1v) is 6.38. The summed E-state index contributed by atoms with van der Waals surface area (Å²) in [4.78, 5) is 0. The van der Waals surface area contributed by atoms with E-state index in [0.29, 0.717) is 11.6 Å². The fraction of sp³-hybridized carbons (Fsp3) is 0.538. The summed E-state index contributed by atoms with van der Waals surface area (Å²) >= 11 is 6.03. The second-order valence-corrected chi connectivity index (χ2v) is 5.24. The quantitative estimate of drug-likeness (QED) is 0.850. The minimum Gasteiger partial charge on any atom is -0.329 e. The van der Waals surface area contributed by atoms with Crippen LogP contribution in [0.2, 0.25) is 5.02 Å². The van der Waals surface area contributed by atoms with Gasteiger partial charge in [-0.25, -0.2) is 4.39 Å². The van der Waals surface area contributed by atoms with Gasteiger partial charge in [0, 0.05) is 17.6 Å². The molecule has 94 valence electrons. The van der Waals surface area contributed by atoms with E-state index in [2.05, 4.69) is 12.2 Å². The summed E-state index contributed by atoms with van der Waals surface area (Å²) in [6.07, 6.45) is 1.28. The van der Waals surface area contributed by atoms with E-state index in [4.69, 9.17) is 17.3 Å². The maximum absolute atomic E-state index is 13.0. The van der Waals surface area contributed by atoms with Crippen LogP contribution in [0.4, 0.5) is 4.39 Å². The van der Waals surface area contributed by atoms with Crippen LogP contribution in [0.1, 0.15) is 24.9 Å². The molecule has 1 aliphatic rings. The highest BCUT2D eigenvalue weighted by molar-refractivity contribution is 6.31. The predicted octanol–water partition coefficient (Wildman–Crippen LogP) is 2.72. The lowest BCUT2D eigenvalue weighted by molar-refractivity contribution is 0.510. The first-order valence-electron chi connectivity index (χ1n) is 6.00. The fourth-order valence-electron chi connectivity index (χ4n) is 2.08. The molecule has 0 saturated heterocycles. The minimum atomic E-state index is -0.315. The average molecular weight is 257 g/mol. The van der Waals surface area contributed by atoms with Gasteiger partial charge >= 0.3 is 0 Å². The van der Waals surface area contributed by atoms with E-state index in [9.17, 15) is 4.39 Å². The molecule has 0 heterocycles. The van der Waals surface area contributed by atoms with Crippen LogP contribution in [-0.4, -0.2) is 13.1 Å². The summed E-state index contributed by atoms with van der Waals surface area (Å²) in [5, 5.41) is 3.85. The van der Waals surface area contributed by atoms with Gasteiger partial charge in [-0.3, -0.25) is 0 Å². The molecule has 0 amide bonds. The summed E-state index contributed by atoms with van der Waals surface area (Å²) in [5.41, 5.74) is 6.62. The van der Waals surface area contributed by atoms with E-state index >= 15 is 0 Å². The van der Waals surface area contributed by atoms with Crippen LogP contribution < -0.4 is 11.1 Å². The molecule has 0 spiro atoms. The second-order valence-electron chi connectivity index (χ2n) is 4.84. The van der Waals surface area contributed by atoms with Crippen LogP contribution in [0.3, 0.4) is 0 Å². The third-order valence-corrected chi connectivity index (χ3v) is 3.80. The molecule has 2 rings (SSSR count). The van der Waals surface area contributed by atoms with Gasteiger partial charge in [0.1, 0.15) is 5.82 Å². The van der Waals surface area contributed by atoms with E-state index in [1.54, 1.807) is 6.07 Å². The number of hydrogen-bond donors (Lipinski definition) is 2. The van der Waals surface area contributed by atoms with Crippen molar-refractivity contribution in [1.29, 1.82) is 0 Å². The van der Waals surface area contributed by atoms with Gasteiger partial charge in [-0.15, -0.1) is 0 Å². The highest BCUT2D eigenvalue weighted by Gasteiger charge is 2.32. The summed E-state index contributed by atoms with van der Waals surface area (Å²) in [6.45, 7) is 3.66. The maximum Gasteiger partial charge on any atom is 0.124 e. The number of nitrogens with two attached hydrogens (primary N) is 1. The molecular weight excluding hydrogens is 239 g/mol. The van der Waals surface area contributed by atoms with Crippen LogP contribution in [0.25, 0.3) is 0 Å². The first-order chi connectivity index (χ1) is 8.11. The molecule has 1 fully saturated rings. The van der Waals surface area contributed by atoms with E-state index in [1.165, 1.54) is 18.6 Å². The Balaban J connectivity index is 2.00. The van der Waals surface area contributed by atoms with Crippen LogP contribution in [0.15, 0.2) is 18.2 Å². The molecule has 0 aromatic heterocycles. The summed E-state index contributed by atoms with van der Waals surface area (Å²) in [5.74, 6) is 1.25. The third-order valence-electron chi connectivity index (χ3n) is 3.48. The smallest absolute Gasteiger partial charge is 0.124 e. The molecule has 3 atom stereocenters. The van der Waals surface area contributed by atoms with Crippen molar-refractivity contribution in [3.05, 3.63) is 34.6 Å². The zero-order chi connectivity index (χ0) is 12.4. The summed E-state index contributed by atoms with van der Waals surface area (Å²) in [7, 11) is 0. The van der Waals surface area contributed by atoms with Gasteiger partial charge in [0.2, 0.25) is 0 Å². The molecular formula is C13H18ClFN2. The van der Waals surface area contributed by atoms with Gasteiger partial charge in [0.05, 0.1) is 0 Å². The fourth-order valence-corrected chi connectivity index (χ4v) is 2.38. The Morgan fingerprint density at radius 2 is 2.29 bits per heavy atom. The number of hydrogen-bond acceptors (Lipinski definition) is 2. The number of nitrogens with one attached hydrogen (secondary N) is 1. The standard InChI is InChI=1S/C13H18ClFN2/c1-8-4-9(8)7-17-13(6-16)11-3-2-10(15)5-12(11)14/h2-3,5,8-9,13,17H,4,6-7,16H2,1H3. The summed E-state index contributed by atoms with van der Waals surface area (Å²) in [6, 6.07) is 4.47. The Morgan fingerprint density at radius 3 is 2.82 bits per heavy atom. The topological polar surface area (TPSA) is 38.0 Å². The van der Waals surface area contributed by atoms with Gasteiger partial charge in [-0.05, 0) is 42.5 Å². The van der Waals surface area contributed by atoms with Gasteiger partial charge in [0.15, 0.2) is 0 Å². The highest BCUT2D eigenvalue weighted by Crippen LogP contribution is 2.37. The van der Waals surface area contributed by atoms with E-state index in [1.807, 2.05) is 0 Å². The Labute approximate surface area is 106 Å². The van der Waals surface area contributed by atoms with Crippen molar-refractivity contribution in [1.82, 2.24) is 5.32 Å². The summed E-state index contributed by atoms with van der Waals surface area (Å²) < 4.78 is 13.0. The van der Waals surface area contributed by atoms with Crippen LogP contribution in [0.5, 0.6) is 0 Å². The Bertz CT molecular complexity index is 397. The molecule has 1 saturated carbocycles. The van der Waals surface area contributed by atoms with Crippen molar-refractivity contribution < 1.29 is 4.39 Å². The minimum absolute atomic E-state index is 0.0101. The van der Waals surface area contributed by atoms with Crippen molar-refractivity contribution in [3.8, 4) is 0 Å². The predicted molar refractivity (Wildman–Crippen MR) is 68.5 cm³/mol. The highest BCUT2D eigenvalue weighted by atomic mass is 35.5. The number of benzene rings is 1. The molecule has 0 aliphatic heterocycles. The van der Waals surface area contributed by atoms with Crippen LogP contribution >= 0.6 is 11.6 Å². The molecule has 4 heteroatoms. The Hall–Kier alpha value is -0.640. The lowest BCUT2D eigenvalue weighted by Crippen LogP contribution is -2.30. The van der Waals surface area contributed by atoms with Crippen LogP contribution in [-0.2, 0) is 0 Å². The molecule has 3 N–H and O–H groups in total. The maximum atomic E-state index is 13.0. The molecule has 3 unspecified atom stereocenters. The van der Waals surface area contributed by atoms with Crippen LogP contribution in [0, 0.1) is 17.7 Å². The molecule has 0 radical (unpaired) electrons. The molecule has 17 heavy (non-hydrogen) atoms. The molecule has 1 aliphatic carbocycles. The normalized spacial score (nSPS) is 24.7. The van der Waals surface area contributed by atoms with Gasteiger partial charge in [-0.2, -0.15) is 0 Å². The SMILES string of the molecule is CC1CC1CNC(CN)c1ccc(F)cc1Cl. The zero-order valence-electron chi connectivity index (χ0n) is 9.92. The third kappa shape index (κ3) is 3.18. The van der Waals surface area contributed by atoms with Crippen molar-refractivity contribution in [3.63, 3.8) is 0 Å². The van der Waals surface area contributed by atoms with Gasteiger partial charge < -0.3 is 11.1 Å².